The Morgan fingerprint density at radius 3 is 3.05 bits per heavy atom. The lowest BCUT2D eigenvalue weighted by Gasteiger charge is -2.16. The Bertz CT molecular complexity index is 465. The van der Waals surface area contributed by atoms with Crippen molar-refractivity contribution in [2.75, 3.05) is 18.5 Å². The minimum atomic E-state index is 0.189. The Labute approximate surface area is 117 Å². The molecule has 0 saturated heterocycles. The molecule has 0 radical (unpaired) electrons. The van der Waals surface area contributed by atoms with Crippen LogP contribution < -0.4 is 5.32 Å². The van der Waals surface area contributed by atoms with Gasteiger partial charge in [-0.3, -0.25) is 0 Å². The number of nitrogens with zero attached hydrogens (tertiary/aromatic N) is 2. The first-order valence-corrected chi connectivity index (χ1v) is 7.07. The summed E-state index contributed by atoms with van der Waals surface area (Å²) in [7, 11) is 0. The van der Waals surface area contributed by atoms with Gasteiger partial charge in [0.05, 0.1) is 25.5 Å². The van der Waals surface area contributed by atoms with Gasteiger partial charge < -0.3 is 14.8 Å². The SMILES string of the molecule is CC(COCC1CC1)Nc1nc(Cl)nc2c1COC2. The summed E-state index contributed by atoms with van der Waals surface area (Å²) in [5.74, 6) is 1.56. The van der Waals surface area contributed by atoms with E-state index in [0.29, 0.717) is 19.8 Å². The molecule has 1 aromatic rings. The summed E-state index contributed by atoms with van der Waals surface area (Å²) >= 11 is 5.92. The molecule has 5 nitrogen and oxygen atoms in total. The van der Waals surface area contributed by atoms with Crippen molar-refractivity contribution in [3.05, 3.63) is 16.5 Å². The molecule has 19 heavy (non-hydrogen) atoms. The van der Waals surface area contributed by atoms with Crippen LogP contribution in [0.15, 0.2) is 0 Å². The first-order valence-electron chi connectivity index (χ1n) is 6.69. The van der Waals surface area contributed by atoms with Crippen molar-refractivity contribution in [1.29, 1.82) is 0 Å². The van der Waals surface area contributed by atoms with Gasteiger partial charge in [-0.25, -0.2) is 9.97 Å². The Morgan fingerprint density at radius 1 is 1.42 bits per heavy atom. The van der Waals surface area contributed by atoms with E-state index in [1.165, 1.54) is 12.8 Å². The van der Waals surface area contributed by atoms with E-state index in [-0.39, 0.29) is 11.3 Å². The predicted molar refractivity (Wildman–Crippen MR) is 72.2 cm³/mol. The molecule has 1 aliphatic carbocycles. The number of hydrogen-bond acceptors (Lipinski definition) is 5. The van der Waals surface area contributed by atoms with Crippen molar-refractivity contribution < 1.29 is 9.47 Å². The standard InChI is InChI=1S/C13H18ClN3O2/c1-8(4-18-5-9-2-3-9)15-12-10-6-19-7-11(10)16-13(14)17-12/h8-9H,2-7H2,1H3,(H,15,16,17). The van der Waals surface area contributed by atoms with Gasteiger partial charge in [-0.15, -0.1) is 0 Å². The summed E-state index contributed by atoms with van der Waals surface area (Å²) < 4.78 is 11.1. The minimum absolute atomic E-state index is 0.189. The number of nitrogens with one attached hydrogen (secondary N) is 1. The summed E-state index contributed by atoms with van der Waals surface area (Å²) in [6.45, 7) is 4.68. The fraction of sp³-hybridized carbons (Fsp3) is 0.692. The number of ether oxygens (including phenoxy) is 2. The number of hydrogen-bond donors (Lipinski definition) is 1. The lowest BCUT2D eigenvalue weighted by molar-refractivity contribution is 0.118. The molecule has 1 fully saturated rings. The van der Waals surface area contributed by atoms with E-state index in [9.17, 15) is 0 Å². The molecule has 1 aliphatic heterocycles. The van der Waals surface area contributed by atoms with Gasteiger partial charge in [0.1, 0.15) is 5.82 Å². The molecule has 2 aliphatic rings. The van der Waals surface area contributed by atoms with Gasteiger partial charge in [-0.2, -0.15) is 0 Å². The van der Waals surface area contributed by atoms with Crippen molar-refractivity contribution in [3.63, 3.8) is 0 Å². The van der Waals surface area contributed by atoms with Crippen molar-refractivity contribution in [2.24, 2.45) is 5.92 Å². The summed E-state index contributed by atoms with van der Waals surface area (Å²) in [5.41, 5.74) is 1.90. The van der Waals surface area contributed by atoms with Crippen LogP contribution in [0.2, 0.25) is 5.28 Å². The third kappa shape index (κ3) is 3.35. The first-order chi connectivity index (χ1) is 9.22. The normalized spacial score (nSPS) is 19.3. The quantitative estimate of drug-likeness (QED) is 0.813. The first kappa shape index (κ1) is 13.1. The number of aromatic nitrogens is 2. The summed E-state index contributed by atoms with van der Waals surface area (Å²) in [4.78, 5) is 8.42. The maximum atomic E-state index is 5.92. The van der Waals surface area contributed by atoms with Gasteiger partial charge in [0.25, 0.3) is 0 Å². The number of rotatable bonds is 6. The van der Waals surface area contributed by atoms with Gasteiger partial charge in [-0.1, -0.05) is 0 Å². The average Bonchev–Trinajstić information content (AvgIpc) is 3.05. The molecule has 0 bridgehead atoms. The van der Waals surface area contributed by atoms with Crippen LogP contribution >= 0.6 is 11.6 Å². The van der Waals surface area contributed by atoms with Crippen molar-refractivity contribution >= 4 is 17.4 Å². The molecule has 6 heteroatoms. The zero-order chi connectivity index (χ0) is 13.2. The maximum Gasteiger partial charge on any atom is 0.224 e. The van der Waals surface area contributed by atoms with E-state index in [4.69, 9.17) is 21.1 Å². The van der Waals surface area contributed by atoms with Crippen LogP contribution in [0.5, 0.6) is 0 Å². The van der Waals surface area contributed by atoms with Crippen molar-refractivity contribution in [1.82, 2.24) is 9.97 Å². The van der Waals surface area contributed by atoms with Crippen LogP contribution in [-0.2, 0) is 22.7 Å². The molecule has 0 amide bonds. The number of anilines is 1. The van der Waals surface area contributed by atoms with Gasteiger partial charge in [0, 0.05) is 18.2 Å². The molecule has 1 unspecified atom stereocenters. The van der Waals surface area contributed by atoms with Gasteiger partial charge in [-0.05, 0) is 37.3 Å². The second kappa shape index (κ2) is 5.61. The van der Waals surface area contributed by atoms with Crippen LogP contribution in [0.1, 0.15) is 31.0 Å². The van der Waals surface area contributed by atoms with E-state index in [0.717, 1.165) is 29.6 Å². The fourth-order valence-electron chi connectivity index (χ4n) is 2.11. The third-order valence-corrected chi connectivity index (χ3v) is 3.52. The lowest BCUT2D eigenvalue weighted by Crippen LogP contribution is -2.24. The highest BCUT2D eigenvalue weighted by Crippen LogP contribution is 2.29. The Balaban J connectivity index is 1.58. The number of fused-ring (bicyclic) bond motifs is 1. The van der Waals surface area contributed by atoms with Crippen molar-refractivity contribution in [3.8, 4) is 0 Å². The van der Waals surface area contributed by atoms with Crippen LogP contribution in [0.4, 0.5) is 5.82 Å². The molecule has 2 heterocycles. The summed E-state index contributed by atoms with van der Waals surface area (Å²) in [6, 6.07) is 0.189. The van der Waals surface area contributed by atoms with E-state index < -0.39 is 0 Å². The van der Waals surface area contributed by atoms with E-state index in [1.54, 1.807) is 0 Å². The lowest BCUT2D eigenvalue weighted by atomic mass is 10.2. The van der Waals surface area contributed by atoms with E-state index >= 15 is 0 Å². The predicted octanol–water partition coefficient (Wildman–Crippen LogP) is 2.39. The van der Waals surface area contributed by atoms with Crippen molar-refractivity contribution in [2.45, 2.75) is 39.0 Å². The molecular formula is C13H18ClN3O2. The fourth-order valence-corrected chi connectivity index (χ4v) is 2.30. The molecular weight excluding hydrogens is 266 g/mol. The molecule has 1 atom stereocenters. The van der Waals surface area contributed by atoms with E-state index in [2.05, 4.69) is 22.2 Å². The molecule has 3 rings (SSSR count). The molecule has 0 spiro atoms. The second-order valence-corrected chi connectivity index (χ2v) is 5.62. The maximum absolute atomic E-state index is 5.92. The molecule has 1 saturated carbocycles. The Kier molecular flexibility index (Phi) is 3.86. The topological polar surface area (TPSA) is 56.3 Å². The van der Waals surface area contributed by atoms with Crippen LogP contribution in [0, 0.1) is 5.92 Å². The molecule has 104 valence electrons. The zero-order valence-corrected chi connectivity index (χ0v) is 11.7. The monoisotopic (exact) mass is 283 g/mol. The van der Waals surface area contributed by atoms with Crippen LogP contribution in [-0.4, -0.2) is 29.2 Å². The van der Waals surface area contributed by atoms with Crippen LogP contribution in [0.3, 0.4) is 0 Å². The zero-order valence-electron chi connectivity index (χ0n) is 11.0. The van der Waals surface area contributed by atoms with Gasteiger partial charge >= 0.3 is 0 Å². The molecule has 0 aromatic carbocycles. The highest BCUT2D eigenvalue weighted by Gasteiger charge is 2.22. The smallest absolute Gasteiger partial charge is 0.224 e. The molecule has 1 N–H and O–H groups in total. The van der Waals surface area contributed by atoms with Gasteiger partial charge in [0.15, 0.2) is 0 Å². The van der Waals surface area contributed by atoms with Crippen LogP contribution in [0.25, 0.3) is 0 Å². The molecule has 1 aromatic heterocycles. The highest BCUT2D eigenvalue weighted by atomic mass is 35.5. The highest BCUT2D eigenvalue weighted by molar-refractivity contribution is 6.28. The number of halogens is 1. The van der Waals surface area contributed by atoms with Gasteiger partial charge in [0.2, 0.25) is 5.28 Å². The summed E-state index contributed by atoms with van der Waals surface area (Å²) in [6.07, 6.45) is 2.63. The minimum Gasteiger partial charge on any atom is -0.379 e. The Hall–Kier alpha value is -0.910. The average molecular weight is 284 g/mol. The van der Waals surface area contributed by atoms with E-state index in [1.807, 2.05) is 0 Å². The second-order valence-electron chi connectivity index (χ2n) is 5.29. The Morgan fingerprint density at radius 2 is 2.26 bits per heavy atom. The largest absolute Gasteiger partial charge is 0.379 e. The summed E-state index contributed by atoms with van der Waals surface area (Å²) in [5, 5.41) is 3.60. The third-order valence-electron chi connectivity index (χ3n) is 3.35.